The smallest absolute Gasteiger partial charge is 0.264 e. The lowest BCUT2D eigenvalue weighted by atomic mass is 9.80. The van der Waals surface area contributed by atoms with E-state index < -0.39 is 0 Å². The van der Waals surface area contributed by atoms with Gasteiger partial charge in [-0.15, -0.1) is 0 Å². The Morgan fingerprint density at radius 3 is 2.69 bits per heavy atom. The summed E-state index contributed by atoms with van der Waals surface area (Å²) in [5, 5.41) is 4.08. The molecule has 1 amide bonds. The van der Waals surface area contributed by atoms with Crippen LogP contribution in [0.5, 0.6) is 0 Å². The topological polar surface area (TPSA) is 44.7 Å². The van der Waals surface area contributed by atoms with Crippen molar-refractivity contribution in [3.63, 3.8) is 0 Å². The molecule has 1 unspecified atom stereocenters. The molecule has 0 bridgehead atoms. The molecule has 0 saturated carbocycles. The summed E-state index contributed by atoms with van der Waals surface area (Å²) in [6, 6.07) is 13.7. The van der Waals surface area contributed by atoms with E-state index in [9.17, 15) is 4.79 Å². The number of fused-ring (bicyclic) bond motifs is 1. The zero-order valence-corrected chi connectivity index (χ0v) is 18.6. The molecule has 0 radical (unpaired) electrons. The van der Waals surface area contributed by atoms with Gasteiger partial charge in [0.05, 0.1) is 10.6 Å². The zero-order chi connectivity index (χ0) is 20.8. The van der Waals surface area contributed by atoms with Gasteiger partial charge >= 0.3 is 0 Å². The Kier molecular flexibility index (Phi) is 5.21. The number of hydrogen-bond acceptors (Lipinski definition) is 4. The van der Waals surface area contributed by atoms with Crippen molar-refractivity contribution in [2.24, 2.45) is 4.99 Å². The molecule has 4 nitrogen and oxygen atoms in total. The standard InChI is InChI=1S/C23H24ClN3OS/c1-14-13-23(2,3)27(4)19-10-5-15(11-18(14)19)12-20-21(28)26-22(29-20)25-17-8-6-16(24)7-9-17/h5-12,14H,13H2,1-4H3,(H,25,26,28)/b20-12+. The largest absolute Gasteiger partial charge is 0.369 e. The number of carbonyl (C=O) groups is 1. The van der Waals surface area contributed by atoms with Gasteiger partial charge in [0.15, 0.2) is 5.17 Å². The van der Waals surface area contributed by atoms with Crippen LogP contribution >= 0.6 is 23.4 Å². The first-order valence-corrected chi connectivity index (χ1v) is 10.9. The van der Waals surface area contributed by atoms with Crippen molar-refractivity contribution in [2.45, 2.75) is 38.6 Å². The average molecular weight is 426 g/mol. The van der Waals surface area contributed by atoms with E-state index in [1.54, 1.807) is 12.1 Å². The summed E-state index contributed by atoms with van der Waals surface area (Å²) in [5.74, 6) is 0.355. The lowest BCUT2D eigenvalue weighted by Gasteiger charge is -2.45. The first-order valence-electron chi connectivity index (χ1n) is 9.66. The van der Waals surface area contributed by atoms with Gasteiger partial charge in [-0.05, 0) is 91.5 Å². The summed E-state index contributed by atoms with van der Waals surface area (Å²) in [4.78, 5) is 19.9. The monoisotopic (exact) mass is 425 g/mol. The predicted octanol–water partition coefficient (Wildman–Crippen LogP) is 5.95. The number of rotatable bonds is 2. The van der Waals surface area contributed by atoms with Gasteiger partial charge in [-0.3, -0.25) is 4.79 Å². The number of benzene rings is 2. The molecule has 1 fully saturated rings. The summed E-state index contributed by atoms with van der Waals surface area (Å²) in [6.45, 7) is 6.84. The number of nitrogens with zero attached hydrogens (tertiary/aromatic N) is 2. The fraction of sp³-hybridized carbons (Fsp3) is 0.304. The Balaban J connectivity index is 1.59. The van der Waals surface area contributed by atoms with Crippen molar-refractivity contribution in [2.75, 3.05) is 11.9 Å². The summed E-state index contributed by atoms with van der Waals surface area (Å²) >= 11 is 7.27. The Morgan fingerprint density at radius 1 is 1.24 bits per heavy atom. The molecule has 2 aliphatic heterocycles. The van der Waals surface area contributed by atoms with E-state index in [1.807, 2.05) is 18.2 Å². The second-order valence-corrected chi connectivity index (χ2v) is 9.72. The molecule has 2 heterocycles. The Hall–Kier alpha value is -2.24. The van der Waals surface area contributed by atoms with Crippen molar-refractivity contribution >= 4 is 51.9 Å². The highest BCUT2D eigenvalue weighted by atomic mass is 35.5. The fourth-order valence-electron chi connectivity index (χ4n) is 3.95. The minimum absolute atomic E-state index is 0.119. The van der Waals surface area contributed by atoms with Crippen LogP contribution in [0.25, 0.3) is 6.08 Å². The van der Waals surface area contributed by atoms with Crippen LogP contribution in [0, 0.1) is 0 Å². The number of aliphatic imine (C=N–C) groups is 1. The Labute approximate surface area is 181 Å². The molecule has 2 aromatic carbocycles. The molecule has 2 aromatic rings. The maximum absolute atomic E-state index is 12.4. The van der Waals surface area contributed by atoms with Gasteiger partial charge in [0.1, 0.15) is 0 Å². The molecule has 0 spiro atoms. The molecule has 4 rings (SSSR count). The minimum Gasteiger partial charge on any atom is -0.369 e. The molecule has 29 heavy (non-hydrogen) atoms. The minimum atomic E-state index is -0.119. The van der Waals surface area contributed by atoms with Crippen LogP contribution in [-0.4, -0.2) is 23.7 Å². The van der Waals surface area contributed by atoms with E-state index in [1.165, 1.54) is 23.0 Å². The Morgan fingerprint density at radius 2 is 1.97 bits per heavy atom. The molecule has 150 valence electrons. The molecular formula is C23H24ClN3OS. The van der Waals surface area contributed by atoms with Crippen molar-refractivity contribution in [3.8, 4) is 0 Å². The number of carbonyl (C=O) groups excluding carboxylic acids is 1. The van der Waals surface area contributed by atoms with E-state index in [2.05, 4.69) is 61.2 Å². The number of thioether (sulfide) groups is 1. The van der Waals surface area contributed by atoms with Gasteiger partial charge in [0, 0.05) is 23.3 Å². The van der Waals surface area contributed by atoms with Crippen LogP contribution in [0.15, 0.2) is 52.4 Å². The lowest BCUT2D eigenvalue weighted by molar-refractivity contribution is -0.115. The van der Waals surface area contributed by atoms with Crippen LogP contribution in [0.1, 0.15) is 44.2 Å². The molecule has 1 atom stereocenters. The first-order chi connectivity index (χ1) is 13.7. The third-order valence-electron chi connectivity index (χ3n) is 5.66. The first kappa shape index (κ1) is 20.0. The van der Waals surface area contributed by atoms with E-state index >= 15 is 0 Å². The number of anilines is 1. The Bertz CT molecular complexity index is 1030. The summed E-state index contributed by atoms with van der Waals surface area (Å²) in [5.41, 5.74) is 4.53. The quantitative estimate of drug-likeness (QED) is 0.604. The fourth-order valence-corrected chi connectivity index (χ4v) is 4.92. The van der Waals surface area contributed by atoms with Crippen LogP contribution in [0.4, 0.5) is 11.4 Å². The normalized spacial score (nSPS) is 23.4. The van der Waals surface area contributed by atoms with E-state index in [4.69, 9.17) is 11.6 Å². The van der Waals surface area contributed by atoms with Crippen molar-refractivity contribution in [1.29, 1.82) is 0 Å². The number of nitrogens with one attached hydrogen (secondary N) is 1. The second kappa shape index (κ2) is 7.54. The number of hydrogen-bond donors (Lipinski definition) is 1. The highest BCUT2D eigenvalue weighted by Crippen LogP contribution is 2.43. The van der Waals surface area contributed by atoms with Gasteiger partial charge in [-0.1, -0.05) is 24.6 Å². The van der Waals surface area contributed by atoms with Crippen LogP contribution < -0.4 is 10.2 Å². The number of amidine groups is 1. The maximum atomic E-state index is 12.4. The summed E-state index contributed by atoms with van der Waals surface area (Å²) < 4.78 is 0. The van der Waals surface area contributed by atoms with Gasteiger partial charge < -0.3 is 10.2 Å². The third-order valence-corrected chi connectivity index (χ3v) is 6.83. The van der Waals surface area contributed by atoms with E-state index in [-0.39, 0.29) is 11.4 Å². The van der Waals surface area contributed by atoms with Crippen molar-refractivity contribution in [1.82, 2.24) is 5.32 Å². The summed E-state index contributed by atoms with van der Waals surface area (Å²) in [7, 11) is 2.16. The highest BCUT2D eigenvalue weighted by molar-refractivity contribution is 8.18. The van der Waals surface area contributed by atoms with Gasteiger partial charge in [0.25, 0.3) is 5.91 Å². The molecule has 0 aliphatic carbocycles. The number of amides is 1. The zero-order valence-electron chi connectivity index (χ0n) is 17.0. The average Bonchev–Trinajstić information content (AvgIpc) is 3.00. The van der Waals surface area contributed by atoms with Gasteiger partial charge in [-0.2, -0.15) is 0 Å². The molecule has 0 aromatic heterocycles. The van der Waals surface area contributed by atoms with Gasteiger partial charge in [0.2, 0.25) is 0 Å². The van der Waals surface area contributed by atoms with Crippen molar-refractivity contribution in [3.05, 3.63) is 63.5 Å². The second-order valence-electron chi connectivity index (χ2n) is 8.25. The molecule has 1 N–H and O–H groups in total. The van der Waals surface area contributed by atoms with Crippen molar-refractivity contribution < 1.29 is 4.79 Å². The third kappa shape index (κ3) is 4.07. The van der Waals surface area contributed by atoms with Crippen LogP contribution in [0.2, 0.25) is 5.02 Å². The van der Waals surface area contributed by atoms with E-state index in [0.29, 0.717) is 21.0 Å². The summed E-state index contributed by atoms with van der Waals surface area (Å²) in [6.07, 6.45) is 3.04. The van der Waals surface area contributed by atoms with Crippen LogP contribution in [0.3, 0.4) is 0 Å². The number of halogens is 1. The molecule has 1 saturated heterocycles. The van der Waals surface area contributed by atoms with Gasteiger partial charge in [-0.25, -0.2) is 4.99 Å². The molecule has 6 heteroatoms. The van der Waals surface area contributed by atoms with Crippen LogP contribution in [-0.2, 0) is 4.79 Å². The SMILES string of the molecule is CC1CC(C)(C)N(C)c2ccc(/C=C3/SC(=Nc4ccc(Cl)cc4)NC3=O)cc21. The maximum Gasteiger partial charge on any atom is 0.264 e. The molecular weight excluding hydrogens is 402 g/mol. The predicted molar refractivity (Wildman–Crippen MR) is 124 cm³/mol. The molecule has 2 aliphatic rings. The lowest BCUT2D eigenvalue weighted by Crippen LogP contribution is -2.45. The van der Waals surface area contributed by atoms with E-state index in [0.717, 1.165) is 17.7 Å². The highest BCUT2D eigenvalue weighted by Gasteiger charge is 2.34.